The molecule has 5 nitrogen and oxygen atoms in total. The van der Waals surface area contributed by atoms with E-state index in [9.17, 15) is 18.7 Å². The highest BCUT2D eigenvalue weighted by molar-refractivity contribution is 5.89. The summed E-state index contributed by atoms with van der Waals surface area (Å²) in [5.74, 6) is -3.91. The molecule has 0 aliphatic rings. The van der Waals surface area contributed by atoms with E-state index in [4.69, 9.17) is 0 Å². The molecule has 1 aromatic heterocycles. The number of hydrogen-bond donors (Lipinski definition) is 1. The van der Waals surface area contributed by atoms with Crippen molar-refractivity contribution in [3.8, 4) is 0 Å². The third-order valence-electron chi connectivity index (χ3n) is 5.23. The van der Waals surface area contributed by atoms with E-state index in [1.54, 1.807) is 29.8 Å². The molecule has 1 heterocycles. The minimum absolute atomic E-state index is 0.285. The molecule has 0 saturated heterocycles. The summed E-state index contributed by atoms with van der Waals surface area (Å²) in [4.78, 5) is 15.6. The Morgan fingerprint density at radius 1 is 1.03 bits per heavy atom. The first-order chi connectivity index (χ1) is 15.0. The lowest BCUT2D eigenvalue weighted by Crippen LogP contribution is -2.20. The Hall–Kier alpha value is -3.09. The summed E-state index contributed by atoms with van der Waals surface area (Å²) in [6.45, 7) is 7.83. The lowest BCUT2D eigenvalue weighted by molar-refractivity contribution is -0.0232. The Labute approximate surface area is 187 Å². The molecule has 170 valence electrons. The van der Waals surface area contributed by atoms with Gasteiger partial charge in [0.15, 0.2) is 0 Å². The number of hydrogen-bond acceptors (Lipinski definition) is 3. The van der Waals surface area contributed by atoms with Gasteiger partial charge in [-0.2, -0.15) is 8.78 Å². The molecule has 0 bridgehead atoms. The van der Waals surface area contributed by atoms with E-state index in [-0.39, 0.29) is 12.0 Å². The second-order valence-corrected chi connectivity index (χ2v) is 9.08. The largest absolute Gasteiger partial charge is 0.478 e. The number of carboxylic acid groups (broad SMARTS) is 1. The fourth-order valence-corrected chi connectivity index (χ4v) is 3.63. The predicted octanol–water partition coefficient (Wildman–Crippen LogP) is 5.80. The van der Waals surface area contributed by atoms with Gasteiger partial charge in [-0.25, -0.2) is 14.5 Å². The van der Waals surface area contributed by atoms with Crippen LogP contribution in [0.3, 0.4) is 0 Å². The van der Waals surface area contributed by atoms with Crippen molar-refractivity contribution < 1.29 is 18.7 Å². The minimum Gasteiger partial charge on any atom is -0.478 e. The lowest BCUT2D eigenvalue weighted by Gasteiger charge is -2.18. The third-order valence-corrected chi connectivity index (χ3v) is 5.23. The number of alkyl halides is 2. The van der Waals surface area contributed by atoms with Crippen LogP contribution in [0, 0.1) is 0 Å². The van der Waals surface area contributed by atoms with Crippen molar-refractivity contribution in [2.45, 2.75) is 64.8 Å². The van der Waals surface area contributed by atoms with Gasteiger partial charge in [0, 0.05) is 11.8 Å². The van der Waals surface area contributed by atoms with Gasteiger partial charge in [0.2, 0.25) is 5.82 Å². The van der Waals surface area contributed by atoms with E-state index < -0.39 is 23.1 Å². The van der Waals surface area contributed by atoms with Crippen molar-refractivity contribution in [2.75, 3.05) is 0 Å². The molecule has 0 amide bonds. The molecule has 0 radical (unpaired) electrons. The summed E-state index contributed by atoms with van der Waals surface area (Å²) in [5.41, 5.74) is 2.46. The van der Waals surface area contributed by atoms with Crippen molar-refractivity contribution >= 4 is 5.97 Å². The zero-order chi connectivity index (χ0) is 23.5. The number of carboxylic acids is 1. The summed E-state index contributed by atoms with van der Waals surface area (Å²) in [6.07, 6.45) is 0.554. The van der Waals surface area contributed by atoms with Gasteiger partial charge in [0.05, 0.1) is 12.1 Å². The average Bonchev–Trinajstić information content (AvgIpc) is 3.15. The van der Waals surface area contributed by atoms with Crippen LogP contribution < -0.4 is 0 Å². The summed E-state index contributed by atoms with van der Waals surface area (Å²) < 4.78 is 30.5. The quantitative estimate of drug-likeness (QED) is 0.479. The molecule has 0 aliphatic carbocycles. The Balaban J connectivity index is 1.84. The zero-order valence-corrected chi connectivity index (χ0v) is 18.9. The fourth-order valence-electron chi connectivity index (χ4n) is 3.63. The second-order valence-electron chi connectivity index (χ2n) is 9.08. The monoisotopic (exact) mass is 441 g/mol. The van der Waals surface area contributed by atoms with Gasteiger partial charge in [0.1, 0.15) is 5.82 Å². The molecule has 0 spiro atoms. The Morgan fingerprint density at radius 3 is 2.25 bits per heavy atom. The van der Waals surface area contributed by atoms with Crippen molar-refractivity contribution in [3.63, 3.8) is 0 Å². The predicted molar refractivity (Wildman–Crippen MR) is 119 cm³/mol. The van der Waals surface area contributed by atoms with Crippen LogP contribution in [0.2, 0.25) is 0 Å². The molecular formula is C25H29F2N3O2. The second kappa shape index (κ2) is 9.18. The lowest BCUT2D eigenvalue weighted by atomic mass is 9.95. The first-order valence-electron chi connectivity index (χ1n) is 10.7. The van der Waals surface area contributed by atoms with Crippen molar-refractivity contribution in [1.29, 1.82) is 0 Å². The molecule has 0 atom stereocenters. The van der Waals surface area contributed by atoms with Crippen molar-refractivity contribution in [2.24, 2.45) is 0 Å². The van der Waals surface area contributed by atoms with Gasteiger partial charge >= 0.3 is 11.9 Å². The number of nitrogens with zero attached hydrogens (tertiary/aromatic N) is 3. The smallest absolute Gasteiger partial charge is 0.335 e. The van der Waals surface area contributed by atoms with E-state index in [2.05, 4.69) is 10.1 Å². The van der Waals surface area contributed by atoms with Gasteiger partial charge < -0.3 is 5.11 Å². The molecule has 7 heteroatoms. The van der Waals surface area contributed by atoms with Gasteiger partial charge in [-0.05, 0) is 35.6 Å². The molecule has 2 aromatic carbocycles. The van der Waals surface area contributed by atoms with E-state index in [1.807, 2.05) is 51.1 Å². The molecule has 1 N–H and O–H groups in total. The maximum absolute atomic E-state index is 14.4. The fraction of sp³-hybridized carbons (Fsp3) is 0.400. The van der Waals surface area contributed by atoms with E-state index in [0.29, 0.717) is 25.2 Å². The molecule has 3 aromatic rings. The average molecular weight is 442 g/mol. The highest BCUT2D eigenvalue weighted by Crippen LogP contribution is 2.32. The number of halogens is 2. The Morgan fingerprint density at radius 2 is 1.66 bits per heavy atom. The molecule has 0 aliphatic heterocycles. The Bertz CT molecular complexity index is 1080. The van der Waals surface area contributed by atoms with Gasteiger partial charge in [-0.3, -0.25) is 0 Å². The van der Waals surface area contributed by atoms with Gasteiger partial charge in [-0.15, -0.1) is 5.10 Å². The summed E-state index contributed by atoms with van der Waals surface area (Å²) in [6, 6.07) is 14.6. The summed E-state index contributed by atoms with van der Waals surface area (Å²) in [7, 11) is 0. The van der Waals surface area contributed by atoms with Crippen LogP contribution in [-0.4, -0.2) is 25.8 Å². The third kappa shape index (κ3) is 5.39. The number of carbonyl (C=O) groups is 1. The maximum Gasteiger partial charge on any atom is 0.335 e. The van der Waals surface area contributed by atoms with Crippen LogP contribution in [0.15, 0.2) is 48.5 Å². The topological polar surface area (TPSA) is 68.0 Å². The van der Waals surface area contributed by atoms with Crippen molar-refractivity contribution in [3.05, 3.63) is 82.4 Å². The van der Waals surface area contributed by atoms with Gasteiger partial charge in [-0.1, -0.05) is 70.2 Å². The number of aromatic nitrogens is 3. The highest BCUT2D eigenvalue weighted by Gasteiger charge is 2.37. The van der Waals surface area contributed by atoms with Crippen molar-refractivity contribution in [1.82, 2.24) is 14.8 Å². The maximum atomic E-state index is 14.4. The Kier molecular flexibility index (Phi) is 6.77. The zero-order valence-electron chi connectivity index (χ0n) is 18.9. The standard InChI is InChI=1S/C25H29F2N3O2/c1-5-14-25(26,27)22-28-23(24(2,3)4)30(29-22)16-18-12-10-17(11-13-18)15-19-8-6-7-9-20(19)21(31)32/h6-13H,5,14-16H2,1-4H3,(H,31,32). The summed E-state index contributed by atoms with van der Waals surface area (Å²) >= 11 is 0. The van der Waals surface area contributed by atoms with Gasteiger partial charge in [0.25, 0.3) is 0 Å². The summed E-state index contributed by atoms with van der Waals surface area (Å²) in [5, 5.41) is 13.5. The van der Waals surface area contributed by atoms with E-state index >= 15 is 0 Å². The van der Waals surface area contributed by atoms with Crippen LogP contribution >= 0.6 is 0 Å². The van der Waals surface area contributed by atoms with Crippen LogP contribution in [0.4, 0.5) is 8.78 Å². The minimum atomic E-state index is -3.05. The van der Waals surface area contributed by atoms with E-state index in [0.717, 1.165) is 16.7 Å². The number of rotatable bonds is 8. The van der Waals surface area contributed by atoms with Crippen LogP contribution in [0.1, 0.15) is 79.2 Å². The number of benzene rings is 2. The first kappa shape index (κ1) is 23.6. The SMILES string of the molecule is CCCC(F)(F)c1nc(C(C)(C)C)n(Cc2ccc(Cc3ccccc3C(=O)O)cc2)n1. The molecule has 3 rings (SSSR count). The number of aromatic carboxylic acids is 1. The molecular weight excluding hydrogens is 412 g/mol. The highest BCUT2D eigenvalue weighted by atomic mass is 19.3. The molecule has 0 fully saturated rings. The molecule has 32 heavy (non-hydrogen) atoms. The molecule has 0 unspecified atom stereocenters. The van der Waals surface area contributed by atoms with Crippen LogP contribution in [-0.2, 0) is 24.3 Å². The first-order valence-corrected chi connectivity index (χ1v) is 10.7. The van der Waals surface area contributed by atoms with Crippen LogP contribution in [0.25, 0.3) is 0 Å². The normalized spacial score (nSPS) is 12.2. The van der Waals surface area contributed by atoms with Crippen LogP contribution in [0.5, 0.6) is 0 Å². The van der Waals surface area contributed by atoms with E-state index in [1.165, 1.54) is 0 Å². The molecule has 0 saturated carbocycles.